The van der Waals surface area contributed by atoms with E-state index >= 15 is 0 Å². The molecule has 23 heavy (non-hydrogen) atoms. The lowest BCUT2D eigenvalue weighted by Gasteiger charge is -2.15. The van der Waals surface area contributed by atoms with Gasteiger partial charge in [0, 0.05) is 30.1 Å². The van der Waals surface area contributed by atoms with Crippen molar-refractivity contribution in [3.05, 3.63) is 64.7 Å². The molecular weight excluding hydrogens is 310 g/mol. The molecule has 0 aliphatic carbocycles. The van der Waals surface area contributed by atoms with Crippen molar-refractivity contribution >= 4 is 34.7 Å². The van der Waals surface area contributed by atoms with Crippen LogP contribution in [0.25, 0.3) is 0 Å². The normalized spacial score (nSPS) is 13.5. The van der Waals surface area contributed by atoms with E-state index in [0.717, 1.165) is 22.5 Å². The van der Waals surface area contributed by atoms with Crippen molar-refractivity contribution in [2.75, 3.05) is 13.6 Å². The van der Waals surface area contributed by atoms with Gasteiger partial charge in [-0.25, -0.2) is 4.99 Å². The lowest BCUT2D eigenvalue weighted by molar-refractivity contribution is -0.124. The number of amides is 1. The summed E-state index contributed by atoms with van der Waals surface area (Å²) in [6.45, 7) is 1.85. The molecule has 1 heterocycles. The van der Waals surface area contributed by atoms with E-state index in [1.54, 1.807) is 13.1 Å². The topological polar surface area (TPSA) is 45.0 Å². The van der Waals surface area contributed by atoms with E-state index < -0.39 is 0 Å². The van der Waals surface area contributed by atoms with Crippen molar-refractivity contribution in [2.45, 2.75) is 6.92 Å². The number of rotatable bonds is 1. The number of hydrogen-bond donors (Lipinski definition) is 0. The van der Waals surface area contributed by atoms with Crippen LogP contribution in [0.4, 0.5) is 5.69 Å². The van der Waals surface area contributed by atoms with Crippen LogP contribution >= 0.6 is 11.6 Å². The number of hydrogen-bond acceptors (Lipinski definition) is 3. The number of carbonyl (C=O) groups is 1. The predicted molar refractivity (Wildman–Crippen MR) is 93.9 cm³/mol. The third-order valence-electron chi connectivity index (χ3n) is 3.75. The predicted octanol–water partition coefficient (Wildman–Crippen LogP) is 3.70. The largest absolute Gasteiger partial charge is 0.302 e. The summed E-state index contributed by atoms with van der Waals surface area (Å²) in [4.78, 5) is 22.5. The van der Waals surface area contributed by atoms with E-state index in [0.29, 0.717) is 17.4 Å². The van der Waals surface area contributed by atoms with Gasteiger partial charge in [0.05, 0.1) is 17.9 Å². The van der Waals surface area contributed by atoms with Crippen molar-refractivity contribution in [1.29, 1.82) is 0 Å². The first-order chi connectivity index (χ1) is 11.1. The van der Waals surface area contributed by atoms with Crippen LogP contribution in [-0.4, -0.2) is 35.9 Å². The second-order valence-electron chi connectivity index (χ2n) is 5.30. The number of nitrogens with zero attached hydrogens (tertiary/aromatic N) is 3. The Kier molecular flexibility index (Phi) is 4.26. The van der Waals surface area contributed by atoms with Gasteiger partial charge in [-0.1, -0.05) is 41.9 Å². The highest BCUT2D eigenvalue weighted by molar-refractivity contribution is 6.31. The number of amidine groups is 1. The van der Waals surface area contributed by atoms with Crippen LogP contribution in [0.5, 0.6) is 0 Å². The van der Waals surface area contributed by atoms with Gasteiger partial charge < -0.3 is 4.90 Å². The van der Waals surface area contributed by atoms with Gasteiger partial charge >= 0.3 is 0 Å². The van der Waals surface area contributed by atoms with Crippen LogP contribution in [0.1, 0.15) is 18.1 Å². The molecule has 0 bridgehead atoms. The van der Waals surface area contributed by atoms with Crippen molar-refractivity contribution in [2.24, 2.45) is 9.98 Å². The molecule has 0 radical (unpaired) electrons. The van der Waals surface area contributed by atoms with Gasteiger partial charge in [-0.15, -0.1) is 0 Å². The van der Waals surface area contributed by atoms with Gasteiger partial charge in [0.1, 0.15) is 5.84 Å². The minimum atomic E-state index is -0.0716. The van der Waals surface area contributed by atoms with E-state index in [1.165, 1.54) is 11.8 Å². The third-order valence-corrected chi connectivity index (χ3v) is 3.98. The minimum Gasteiger partial charge on any atom is -0.302 e. The maximum Gasteiger partial charge on any atom is 0.224 e. The first-order valence-corrected chi connectivity index (χ1v) is 7.65. The summed E-state index contributed by atoms with van der Waals surface area (Å²) in [6.07, 6.45) is 0. The van der Waals surface area contributed by atoms with Gasteiger partial charge in [-0.05, 0) is 18.2 Å². The van der Waals surface area contributed by atoms with E-state index in [4.69, 9.17) is 16.6 Å². The molecule has 0 N–H and O–H groups in total. The molecular formula is C18H16ClN3O. The Morgan fingerprint density at radius 1 is 1.17 bits per heavy atom. The molecule has 5 heteroatoms. The van der Waals surface area contributed by atoms with Crippen molar-refractivity contribution < 1.29 is 4.79 Å². The Balaban J connectivity index is 2.16. The van der Waals surface area contributed by atoms with Gasteiger partial charge in [0.25, 0.3) is 0 Å². The number of aliphatic imine (C=N–C) groups is 2. The number of likely N-dealkylation sites (N-methyl/N-ethyl adjacent to an activating group) is 1. The molecule has 0 saturated carbocycles. The van der Waals surface area contributed by atoms with Gasteiger partial charge in [-0.3, -0.25) is 9.79 Å². The van der Waals surface area contributed by atoms with Crippen molar-refractivity contribution in [3.8, 4) is 0 Å². The summed E-state index contributed by atoms with van der Waals surface area (Å²) in [6, 6.07) is 15.4. The Bertz CT molecular complexity index is 812. The molecule has 2 aromatic rings. The molecule has 4 nitrogen and oxygen atoms in total. The first-order valence-electron chi connectivity index (χ1n) is 7.28. The highest BCUT2D eigenvalue weighted by atomic mass is 35.5. The molecule has 1 amide bonds. The van der Waals surface area contributed by atoms with Gasteiger partial charge in [0.2, 0.25) is 5.91 Å². The van der Waals surface area contributed by atoms with Crippen LogP contribution < -0.4 is 0 Å². The molecule has 116 valence electrons. The van der Waals surface area contributed by atoms with Crippen LogP contribution in [-0.2, 0) is 4.79 Å². The lowest BCUT2D eigenvalue weighted by atomic mass is 10.0. The zero-order valence-electron chi connectivity index (χ0n) is 13.0. The summed E-state index contributed by atoms with van der Waals surface area (Å²) >= 11 is 6.16. The Labute approximate surface area is 140 Å². The van der Waals surface area contributed by atoms with Crippen LogP contribution in [0.15, 0.2) is 58.5 Å². The monoisotopic (exact) mass is 325 g/mol. The van der Waals surface area contributed by atoms with Gasteiger partial charge in [-0.2, -0.15) is 0 Å². The van der Waals surface area contributed by atoms with Crippen LogP contribution in [0, 0.1) is 0 Å². The summed E-state index contributed by atoms with van der Waals surface area (Å²) in [7, 11) is 1.71. The van der Waals surface area contributed by atoms with Gasteiger partial charge in [0.15, 0.2) is 0 Å². The maximum absolute atomic E-state index is 11.6. The number of fused-ring (bicyclic) bond motifs is 1. The van der Waals surface area contributed by atoms with E-state index in [9.17, 15) is 4.79 Å². The fraction of sp³-hybridized carbons (Fsp3) is 0.167. The molecule has 1 aliphatic rings. The third kappa shape index (κ3) is 3.17. The van der Waals surface area contributed by atoms with Crippen LogP contribution in [0.3, 0.4) is 0 Å². The smallest absolute Gasteiger partial charge is 0.224 e. The second kappa shape index (κ2) is 6.34. The number of benzene rings is 2. The quantitative estimate of drug-likeness (QED) is 0.788. The number of carbonyl (C=O) groups excluding carboxylic acids is 1. The molecule has 0 unspecified atom stereocenters. The van der Waals surface area contributed by atoms with E-state index in [-0.39, 0.29) is 5.91 Å². The Morgan fingerprint density at radius 3 is 2.61 bits per heavy atom. The lowest BCUT2D eigenvalue weighted by Crippen LogP contribution is -2.32. The molecule has 1 aliphatic heterocycles. The molecule has 0 spiro atoms. The minimum absolute atomic E-state index is 0.0716. The average Bonchev–Trinajstić information content (AvgIpc) is 2.74. The second-order valence-corrected chi connectivity index (χ2v) is 5.73. The van der Waals surface area contributed by atoms with E-state index in [2.05, 4.69) is 4.99 Å². The molecule has 0 fully saturated rings. The fourth-order valence-electron chi connectivity index (χ4n) is 2.41. The van der Waals surface area contributed by atoms with E-state index in [1.807, 2.05) is 42.5 Å². The zero-order valence-corrected chi connectivity index (χ0v) is 13.7. The first kappa shape index (κ1) is 15.4. The summed E-state index contributed by atoms with van der Waals surface area (Å²) in [5, 5.41) is 0.631. The molecule has 0 saturated heterocycles. The fourth-order valence-corrected chi connectivity index (χ4v) is 2.58. The van der Waals surface area contributed by atoms with Crippen LogP contribution in [0.2, 0.25) is 5.02 Å². The Morgan fingerprint density at radius 2 is 1.91 bits per heavy atom. The SMILES string of the molecule is CC(=O)N(C)C1=Nc2ccc(Cl)cc2C(c2ccccc2)=NC1. The molecule has 3 rings (SSSR count). The standard InChI is InChI=1S/C18H16ClN3O/c1-12(23)22(2)17-11-20-18(13-6-4-3-5-7-13)15-10-14(19)8-9-16(15)21-17/h3-10H,11H2,1-2H3. The molecule has 0 atom stereocenters. The molecule has 0 aromatic heterocycles. The highest BCUT2D eigenvalue weighted by Crippen LogP contribution is 2.28. The molecule has 2 aromatic carbocycles. The van der Waals surface area contributed by atoms with Crippen molar-refractivity contribution in [1.82, 2.24) is 4.90 Å². The average molecular weight is 326 g/mol. The zero-order chi connectivity index (χ0) is 16.4. The Hall–Kier alpha value is -2.46. The number of halogens is 1. The summed E-state index contributed by atoms with van der Waals surface area (Å²) in [5.41, 5.74) is 3.46. The highest BCUT2D eigenvalue weighted by Gasteiger charge is 2.19. The summed E-state index contributed by atoms with van der Waals surface area (Å²) < 4.78 is 0. The maximum atomic E-state index is 11.6. The summed E-state index contributed by atoms with van der Waals surface area (Å²) in [5.74, 6) is 0.546. The van der Waals surface area contributed by atoms with Crippen molar-refractivity contribution in [3.63, 3.8) is 0 Å².